The largest absolute Gasteiger partial charge is 0.394 e. The minimum absolute atomic E-state index is 0.0668. The first-order valence-electron chi connectivity index (χ1n) is 5.34. The van der Waals surface area contributed by atoms with Gasteiger partial charge in [-0.2, -0.15) is 0 Å². The van der Waals surface area contributed by atoms with Crippen molar-refractivity contribution in [2.24, 2.45) is 0 Å². The molecule has 0 aromatic heterocycles. The summed E-state index contributed by atoms with van der Waals surface area (Å²) >= 11 is 0. The molecule has 1 amide bonds. The Hall–Kier alpha value is -1.61. The predicted molar refractivity (Wildman–Crippen MR) is 63.8 cm³/mol. The third-order valence-corrected chi connectivity index (χ3v) is 2.30. The van der Waals surface area contributed by atoms with Crippen LogP contribution in [0.15, 0.2) is 43.0 Å². The molecule has 3 nitrogen and oxygen atoms in total. The minimum Gasteiger partial charge on any atom is -0.394 e. The molecule has 0 aliphatic heterocycles. The maximum Gasteiger partial charge on any atom is 0.220 e. The molecule has 0 saturated carbocycles. The monoisotopic (exact) mass is 219 g/mol. The van der Waals surface area contributed by atoms with Crippen molar-refractivity contribution in [1.82, 2.24) is 5.32 Å². The highest BCUT2D eigenvalue weighted by molar-refractivity contribution is 5.76. The Morgan fingerprint density at radius 3 is 2.69 bits per heavy atom. The quantitative estimate of drug-likeness (QED) is 0.717. The number of hydrogen-bond acceptors (Lipinski definition) is 2. The number of carbonyl (C=O) groups is 1. The molecule has 0 aliphatic carbocycles. The predicted octanol–water partition coefficient (Wildman–Crippen LogP) is 1.80. The van der Waals surface area contributed by atoms with Gasteiger partial charge in [0.1, 0.15) is 0 Å². The standard InChI is InChI=1S/C13H17NO2/c1-2-3-9-13(16)14-12(10-15)11-7-5-4-6-8-11/h2,4-8,12,15H,1,3,9-10H2,(H,14,16). The second-order valence-electron chi connectivity index (χ2n) is 3.54. The lowest BCUT2D eigenvalue weighted by Gasteiger charge is -2.16. The number of benzene rings is 1. The maximum absolute atomic E-state index is 11.5. The highest BCUT2D eigenvalue weighted by Gasteiger charge is 2.12. The Labute approximate surface area is 95.8 Å². The number of hydrogen-bond donors (Lipinski definition) is 2. The van der Waals surface area contributed by atoms with E-state index in [-0.39, 0.29) is 18.6 Å². The molecule has 16 heavy (non-hydrogen) atoms. The average molecular weight is 219 g/mol. The van der Waals surface area contributed by atoms with E-state index in [1.807, 2.05) is 30.3 Å². The van der Waals surface area contributed by atoms with Crippen LogP contribution in [0.3, 0.4) is 0 Å². The second-order valence-corrected chi connectivity index (χ2v) is 3.54. The van der Waals surface area contributed by atoms with Crippen molar-refractivity contribution >= 4 is 5.91 Å². The van der Waals surface area contributed by atoms with Crippen LogP contribution >= 0.6 is 0 Å². The van der Waals surface area contributed by atoms with Crippen molar-refractivity contribution in [2.75, 3.05) is 6.61 Å². The number of carbonyl (C=O) groups excluding carboxylic acids is 1. The smallest absolute Gasteiger partial charge is 0.220 e. The molecule has 0 aliphatic rings. The van der Waals surface area contributed by atoms with Crippen LogP contribution in [0.4, 0.5) is 0 Å². The van der Waals surface area contributed by atoms with Crippen LogP contribution in [0.5, 0.6) is 0 Å². The van der Waals surface area contributed by atoms with E-state index in [0.717, 1.165) is 5.56 Å². The van der Waals surface area contributed by atoms with Gasteiger partial charge in [-0.25, -0.2) is 0 Å². The summed E-state index contributed by atoms with van der Waals surface area (Å²) in [6, 6.07) is 9.11. The van der Waals surface area contributed by atoms with Crippen LogP contribution in [-0.2, 0) is 4.79 Å². The summed E-state index contributed by atoms with van der Waals surface area (Å²) in [5.41, 5.74) is 0.914. The molecule has 0 bridgehead atoms. The molecule has 1 unspecified atom stereocenters. The maximum atomic E-state index is 11.5. The molecule has 0 spiro atoms. The van der Waals surface area contributed by atoms with Crippen molar-refractivity contribution in [3.63, 3.8) is 0 Å². The van der Waals surface area contributed by atoms with Gasteiger partial charge in [-0.3, -0.25) is 4.79 Å². The summed E-state index contributed by atoms with van der Waals surface area (Å²) in [5, 5.41) is 12.0. The molecule has 1 atom stereocenters. The highest BCUT2D eigenvalue weighted by Crippen LogP contribution is 2.11. The molecule has 0 radical (unpaired) electrons. The number of amides is 1. The molecule has 0 fully saturated rings. The van der Waals surface area contributed by atoms with Gasteiger partial charge in [0.05, 0.1) is 12.6 Å². The van der Waals surface area contributed by atoms with E-state index in [1.54, 1.807) is 6.08 Å². The van der Waals surface area contributed by atoms with E-state index >= 15 is 0 Å². The minimum atomic E-state index is -0.321. The summed E-state index contributed by atoms with van der Waals surface area (Å²) in [5.74, 6) is -0.0668. The van der Waals surface area contributed by atoms with Crippen LogP contribution in [0.2, 0.25) is 0 Å². The number of aliphatic hydroxyl groups is 1. The first-order valence-corrected chi connectivity index (χ1v) is 5.34. The van der Waals surface area contributed by atoms with Gasteiger partial charge in [-0.15, -0.1) is 6.58 Å². The number of rotatable bonds is 6. The molecule has 1 rings (SSSR count). The van der Waals surface area contributed by atoms with E-state index in [0.29, 0.717) is 12.8 Å². The van der Waals surface area contributed by atoms with Gasteiger partial charge >= 0.3 is 0 Å². The molecule has 86 valence electrons. The van der Waals surface area contributed by atoms with Gasteiger partial charge < -0.3 is 10.4 Å². The van der Waals surface area contributed by atoms with Crippen LogP contribution in [0.1, 0.15) is 24.4 Å². The molecule has 0 heterocycles. The molecular formula is C13H17NO2. The summed E-state index contributed by atoms with van der Waals surface area (Å²) in [6.07, 6.45) is 2.77. The van der Waals surface area contributed by atoms with Crippen molar-refractivity contribution in [3.05, 3.63) is 48.6 Å². The van der Waals surface area contributed by atoms with Crippen LogP contribution < -0.4 is 5.32 Å². The first kappa shape index (κ1) is 12.5. The van der Waals surface area contributed by atoms with E-state index in [4.69, 9.17) is 0 Å². The summed E-state index contributed by atoms with van der Waals surface area (Å²) in [7, 11) is 0. The van der Waals surface area contributed by atoms with Crippen LogP contribution in [0.25, 0.3) is 0 Å². The molecule has 0 saturated heterocycles. The Balaban J connectivity index is 2.55. The second kappa shape index (κ2) is 6.80. The molecule has 3 heteroatoms. The van der Waals surface area contributed by atoms with Crippen molar-refractivity contribution in [2.45, 2.75) is 18.9 Å². The van der Waals surface area contributed by atoms with Crippen LogP contribution in [-0.4, -0.2) is 17.6 Å². The van der Waals surface area contributed by atoms with E-state index in [1.165, 1.54) is 0 Å². The zero-order chi connectivity index (χ0) is 11.8. The molecule has 1 aromatic carbocycles. The fourth-order valence-electron chi connectivity index (χ4n) is 1.42. The van der Waals surface area contributed by atoms with Gasteiger partial charge in [-0.05, 0) is 12.0 Å². The Bertz CT molecular complexity index is 335. The normalized spacial score (nSPS) is 11.8. The summed E-state index contributed by atoms with van der Waals surface area (Å²) in [4.78, 5) is 11.5. The third kappa shape index (κ3) is 3.87. The summed E-state index contributed by atoms with van der Waals surface area (Å²) in [6.45, 7) is 3.47. The average Bonchev–Trinajstić information content (AvgIpc) is 2.34. The van der Waals surface area contributed by atoms with Gasteiger partial charge in [-0.1, -0.05) is 36.4 Å². The lowest BCUT2D eigenvalue weighted by atomic mass is 10.1. The third-order valence-electron chi connectivity index (χ3n) is 2.30. The van der Waals surface area contributed by atoms with Crippen molar-refractivity contribution in [3.8, 4) is 0 Å². The van der Waals surface area contributed by atoms with Gasteiger partial charge in [0, 0.05) is 6.42 Å². The number of aliphatic hydroxyl groups excluding tert-OH is 1. The lowest BCUT2D eigenvalue weighted by Crippen LogP contribution is -2.30. The highest BCUT2D eigenvalue weighted by atomic mass is 16.3. The lowest BCUT2D eigenvalue weighted by molar-refractivity contribution is -0.122. The Morgan fingerprint density at radius 2 is 2.12 bits per heavy atom. The topological polar surface area (TPSA) is 49.3 Å². The fourth-order valence-corrected chi connectivity index (χ4v) is 1.42. The van der Waals surface area contributed by atoms with E-state index < -0.39 is 0 Å². The molecular weight excluding hydrogens is 202 g/mol. The first-order chi connectivity index (χ1) is 7.77. The zero-order valence-electron chi connectivity index (χ0n) is 9.23. The van der Waals surface area contributed by atoms with Crippen molar-refractivity contribution in [1.29, 1.82) is 0 Å². The van der Waals surface area contributed by atoms with Crippen molar-refractivity contribution < 1.29 is 9.90 Å². The van der Waals surface area contributed by atoms with E-state index in [9.17, 15) is 9.90 Å². The van der Waals surface area contributed by atoms with Crippen LogP contribution in [0, 0.1) is 0 Å². The van der Waals surface area contributed by atoms with Gasteiger partial charge in [0.15, 0.2) is 0 Å². The number of allylic oxidation sites excluding steroid dienone is 1. The fraction of sp³-hybridized carbons (Fsp3) is 0.308. The Morgan fingerprint density at radius 1 is 1.44 bits per heavy atom. The molecule has 1 aromatic rings. The molecule has 2 N–H and O–H groups in total. The number of nitrogens with one attached hydrogen (secondary N) is 1. The van der Waals surface area contributed by atoms with Gasteiger partial charge in [0.25, 0.3) is 0 Å². The van der Waals surface area contributed by atoms with E-state index in [2.05, 4.69) is 11.9 Å². The summed E-state index contributed by atoms with van der Waals surface area (Å²) < 4.78 is 0. The van der Waals surface area contributed by atoms with Gasteiger partial charge in [0.2, 0.25) is 5.91 Å². The SMILES string of the molecule is C=CCCC(=O)NC(CO)c1ccccc1. The Kier molecular flexibility index (Phi) is 5.29. The zero-order valence-corrected chi connectivity index (χ0v) is 9.23.